The highest BCUT2D eigenvalue weighted by Gasteiger charge is 2.29. The van der Waals surface area contributed by atoms with E-state index >= 15 is 0 Å². The zero-order chi connectivity index (χ0) is 22.9. The third kappa shape index (κ3) is 5.66. The number of hydrogen-bond donors (Lipinski definition) is 1. The summed E-state index contributed by atoms with van der Waals surface area (Å²) >= 11 is 0. The van der Waals surface area contributed by atoms with Crippen molar-refractivity contribution in [2.24, 2.45) is 0 Å². The van der Waals surface area contributed by atoms with Gasteiger partial charge in [0.05, 0.1) is 14.2 Å². The molecule has 6 nitrogen and oxygen atoms in total. The van der Waals surface area contributed by atoms with Gasteiger partial charge in [-0.3, -0.25) is 9.59 Å². The van der Waals surface area contributed by atoms with E-state index in [0.29, 0.717) is 18.8 Å². The lowest BCUT2D eigenvalue weighted by molar-refractivity contribution is -0.140. The van der Waals surface area contributed by atoms with E-state index in [1.807, 2.05) is 78.9 Å². The molecule has 0 aliphatic rings. The number of carbonyl (C=O) groups excluding carboxylic acids is 2. The standard InChI is InChI=1S/C26H28N2O4/c1-19(29)28(18-20-13-15-23(31-2)16-14-20)25(21-9-5-4-6-10-21)26(30)27-17-22-11-7-8-12-24(22)32-3/h4-16,25H,17-18H2,1-3H3,(H,27,30)/t25-/m0/s1. The van der Waals surface area contributed by atoms with Gasteiger partial charge < -0.3 is 19.7 Å². The highest BCUT2D eigenvalue weighted by Crippen LogP contribution is 2.25. The summed E-state index contributed by atoms with van der Waals surface area (Å²) in [4.78, 5) is 27.6. The van der Waals surface area contributed by atoms with E-state index in [2.05, 4.69) is 5.32 Å². The summed E-state index contributed by atoms with van der Waals surface area (Å²) in [5, 5.41) is 2.98. The molecule has 166 valence electrons. The fourth-order valence-corrected chi connectivity index (χ4v) is 3.55. The fraction of sp³-hybridized carbons (Fsp3) is 0.231. The highest BCUT2D eigenvalue weighted by atomic mass is 16.5. The molecule has 0 aliphatic carbocycles. The summed E-state index contributed by atoms with van der Waals surface area (Å²) in [6.45, 7) is 2.06. The summed E-state index contributed by atoms with van der Waals surface area (Å²) in [5.74, 6) is 0.982. The van der Waals surface area contributed by atoms with Gasteiger partial charge in [-0.25, -0.2) is 0 Å². The topological polar surface area (TPSA) is 67.9 Å². The van der Waals surface area contributed by atoms with Crippen LogP contribution in [0.2, 0.25) is 0 Å². The molecule has 32 heavy (non-hydrogen) atoms. The second-order valence-corrected chi connectivity index (χ2v) is 7.34. The van der Waals surface area contributed by atoms with Crippen LogP contribution in [-0.4, -0.2) is 30.9 Å². The van der Waals surface area contributed by atoms with Gasteiger partial charge in [-0.15, -0.1) is 0 Å². The van der Waals surface area contributed by atoms with E-state index in [1.54, 1.807) is 19.1 Å². The van der Waals surface area contributed by atoms with Crippen LogP contribution in [0.25, 0.3) is 0 Å². The maximum absolute atomic E-state index is 13.4. The largest absolute Gasteiger partial charge is 0.497 e. The molecule has 0 saturated carbocycles. The zero-order valence-electron chi connectivity index (χ0n) is 18.6. The number of hydrogen-bond acceptors (Lipinski definition) is 4. The Morgan fingerprint density at radius 1 is 0.875 bits per heavy atom. The molecule has 3 rings (SSSR count). The number of carbonyl (C=O) groups is 2. The molecule has 3 aromatic rings. The van der Waals surface area contributed by atoms with E-state index in [4.69, 9.17) is 9.47 Å². The Hall–Kier alpha value is -3.80. The normalized spacial score (nSPS) is 11.3. The first-order valence-corrected chi connectivity index (χ1v) is 10.4. The molecule has 3 aromatic carbocycles. The number of nitrogens with zero attached hydrogens (tertiary/aromatic N) is 1. The molecule has 2 amide bonds. The second-order valence-electron chi connectivity index (χ2n) is 7.34. The lowest BCUT2D eigenvalue weighted by Crippen LogP contribution is -2.42. The predicted molar refractivity (Wildman–Crippen MR) is 123 cm³/mol. The van der Waals surface area contributed by atoms with Crippen LogP contribution in [0.4, 0.5) is 0 Å². The van der Waals surface area contributed by atoms with Gasteiger partial charge in [0.15, 0.2) is 0 Å². The summed E-state index contributed by atoms with van der Waals surface area (Å²) in [5.41, 5.74) is 2.51. The Morgan fingerprint density at radius 2 is 1.53 bits per heavy atom. The summed E-state index contributed by atoms with van der Waals surface area (Å²) in [7, 11) is 3.20. The Bertz CT molecular complexity index is 1040. The smallest absolute Gasteiger partial charge is 0.247 e. The summed E-state index contributed by atoms with van der Waals surface area (Å²) < 4.78 is 10.6. The molecular weight excluding hydrogens is 404 g/mol. The van der Waals surface area contributed by atoms with Crippen molar-refractivity contribution in [2.75, 3.05) is 14.2 Å². The summed E-state index contributed by atoms with van der Waals surface area (Å²) in [6, 6.07) is 23.5. The first-order chi connectivity index (χ1) is 15.5. The second kappa shape index (κ2) is 11.0. The highest BCUT2D eigenvalue weighted by molar-refractivity contribution is 5.88. The van der Waals surface area contributed by atoms with Gasteiger partial charge in [-0.2, -0.15) is 0 Å². The molecule has 0 radical (unpaired) electrons. The van der Waals surface area contributed by atoms with Crippen molar-refractivity contribution in [3.05, 3.63) is 95.6 Å². The lowest BCUT2D eigenvalue weighted by Gasteiger charge is -2.30. The zero-order valence-corrected chi connectivity index (χ0v) is 18.6. The van der Waals surface area contributed by atoms with Crippen molar-refractivity contribution in [1.29, 1.82) is 0 Å². The third-order valence-electron chi connectivity index (χ3n) is 5.24. The van der Waals surface area contributed by atoms with Gasteiger partial charge in [0.2, 0.25) is 11.8 Å². The van der Waals surface area contributed by atoms with Gasteiger partial charge >= 0.3 is 0 Å². The predicted octanol–water partition coefficient (Wildman–Crippen LogP) is 4.11. The van der Waals surface area contributed by atoms with Crippen LogP contribution in [0.1, 0.15) is 29.7 Å². The van der Waals surface area contributed by atoms with Crippen molar-refractivity contribution >= 4 is 11.8 Å². The van der Waals surface area contributed by atoms with E-state index < -0.39 is 6.04 Å². The number of amides is 2. The Balaban J connectivity index is 1.87. The monoisotopic (exact) mass is 432 g/mol. The van der Waals surface area contributed by atoms with Gasteiger partial charge in [0.1, 0.15) is 17.5 Å². The molecule has 0 fully saturated rings. The van der Waals surface area contributed by atoms with Gasteiger partial charge in [0, 0.05) is 25.6 Å². The third-order valence-corrected chi connectivity index (χ3v) is 5.24. The molecular formula is C26H28N2O4. The van der Waals surface area contributed by atoms with Gasteiger partial charge in [-0.1, -0.05) is 60.7 Å². The maximum atomic E-state index is 13.4. The van der Waals surface area contributed by atoms with Crippen molar-refractivity contribution in [1.82, 2.24) is 10.2 Å². The summed E-state index contributed by atoms with van der Waals surface area (Å²) in [6.07, 6.45) is 0. The van der Waals surface area contributed by atoms with Crippen molar-refractivity contribution in [2.45, 2.75) is 26.1 Å². The van der Waals surface area contributed by atoms with E-state index in [-0.39, 0.29) is 11.8 Å². The molecule has 0 heterocycles. The number of para-hydroxylation sites is 1. The maximum Gasteiger partial charge on any atom is 0.247 e. The molecule has 0 aliphatic heterocycles. The number of methoxy groups -OCH3 is 2. The van der Waals surface area contributed by atoms with Crippen LogP contribution in [0.3, 0.4) is 0 Å². The first-order valence-electron chi connectivity index (χ1n) is 10.4. The average molecular weight is 433 g/mol. The molecule has 0 aromatic heterocycles. The molecule has 6 heteroatoms. The number of rotatable bonds is 9. The van der Waals surface area contributed by atoms with Crippen molar-refractivity contribution in [3.63, 3.8) is 0 Å². The van der Waals surface area contributed by atoms with Crippen LogP contribution in [0.15, 0.2) is 78.9 Å². The SMILES string of the molecule is COc1ccc(CN(C(C)=O)[C@H](C(=O)NCc2ccccc2OC)c2ccccc2)cc1. The molecule has 0 saturated heterocycles. The van der Waals surface area contributed by atoms with Crippen LogP contribution in [0, 0.1) is 0 Å². The first kappa shape index (κ1) is 22.9. The minimum absolute atomic E-state index is 0.192. The average Bonchev–Trinajstić information content (AvgIpc) is 2.83. The Labute approximate surface area is 188 Å². The molecule has 0 spiro atoms. The van der Waals surface area contributed by atoms with Crippen molar-refractivity contribution < 1.29 is 19.1 Å². The Kier molecular flexibility index (Phi) is 7.86. The minimum atomic E-state index is -0.773. The van der Waals surface area contributed by atoms with Gasteiger partial charge in [0.25, 0.3) is 0 Å². The van der Waals surface area contributed by atoms with Crippen LogP contribution >= 0.6 is 0 Å². The molecule has 1 atom stereocenters. The van der Waals surface area contributed by atoms with Crippen LogP contribution in [-0.2, 0) is 22.7 Å². The van der Waals surface area contributed by atoms with Crippen LogP contribution < -0.4 is 14.8 Å². The minimum Gasteiger partial charge on any atom is -0.497 e. The lowest BCUT2D eigenvalue weighted by atomic mass is 10.0. The van der Waals surface area contributed by atoms with Gasteiger partial charge in [-0.05, 0) is 29.3 Å². The number of benzene rings is 3. The Morgan fingerprint density at radius 3 is 2.16 bits per heavy atom. The molecule has 0 unspecified atom stereocenters. The number of ether oxygens (including phenoxy) is 2. The van der Waals surface area contributed by atoms with E-state index in [9.17, 15) is 9.59 Å². The van der Waals surface area contributed by atoms with Crippen LogP contribution in [0.5, 0.6) is 11.5 Å². The van der Waals surface area contributed by atoms with E-state index in [1.165, 1.54) is 6.92 Å². The van der Waals surface area contributed by atoms with E-state index in [0.717, 1.165) is 22.4 Å². The quantitative estimate of drug-likeness (QED) is 0.553. The van der Waals surface area contributed by atoms with Crippen molar-refractivity contribution in [3.8, 4) is 11.5 Å². The molecule has 1 N–H and O–H groups in total. The number of nitrogens with one attached hydrogen (secondary N) is 1. The fourth-order valence-electron chi connectivity index (χ4n) is 3.55. The molecule has 0 bridgehead atoms.